The first kappa shape index (κ1) is 24.1. The monoisotopic (exact) mass is 392 g/mol. The van der Waals surface area contributed by atoms with Crippen LogP contribution in [0.5, 0.6) is 0 Å². The van der Waals surface area contributed by atoms with Gasteiger partial charge in [-0.1, -0.05) is 58.3 Å². The van der Waals surface area contributed by atoms with E-state index in [0.29, 0.717) is 11.0 Å². The van der Waals surface area contributed by atoms with E-state index in [4.69, 9.17) is 9.05 Å². The Balaban J connectivity index is 2.10. The first-order chi connectivity index (χ1) is 12.2. The van der Waals surface area contributed by atoms with Crippen LogP contribution in [0.2, 0.25) is 0 Å². The minimum Gasteiger partial charge on any atom is -0.329 e. The van der Waals surface area contributed by atoms with Gasteiger partial charge in [0.2, 0.25) is 0 Å². The van der Waals surface area contributed by atoms with Gasteiger partial charge >= 0.3 is 7.82 Å². The minimum absolute atomic E-state index is 0.125. The summed E-state index contributed by atoms with van der Waals surface area (Å²) >= 11 is 0. The van der Waals surface area contributed by atoms with Crippen molar-refractivity contribution >= 4 is 7.82 Å². The molecular weight excluding hydrogens is 349 g/mol. The molecule has 1 unspecified atom stereocenters. The minimum atomic E-state index is -3.92. The molecule has 0 heterocycles. The zero-order valence-electron chi connectivity index (χ0n) is 17.6. The lowest BCUT2D eigenvalue weighted by atomic mass is 9.84. The van der Waals surface area contributed by atoms with E-state index in [1.165, 1.54) is 51.4 Å². The molecule has 0 spiro atoms. The average Bonchev–Trinajstić information content (AvgIpc) is 2.54. The highest BCUT2D eigenvalue weighted by atomic mass is 31.2. The topological polar surface area (TPSA) is 55.8 Å². The molecule has 0 amide bonds. The molecule has 6 heteroatoms. The van der Waals surface area contributed by atoms with Crippen LogP contribution in [0, 0.1) is 5.92 Å². The van der Waals surface area contributed by atoms with Crippen molar-refractivity contribution in [1.82, 2.24) is 0 Å². The van der Waals surface area contributed by atoms with Gasteiger partial charge in [-0.2, -0.15) is 0 Å². The van der Waals surface area contributed by atoms with Crippen molar-refractivity contribution in [2.75, 3.05) is 34.3 Å². The van der Waals surface area contributed by atoms with Gasteiger partial charge in [-0.15, -0.1) is 0 Å². The Bertz CT molecular complexity index is 403. The lowest BCUT2D eigenvalue weighted by Gasteiger charge is -2.29. The van der Waals surface area contributed by atoms with E-state index in [0.717, 1.165) is 31.6 Å². The Morgan fingerprint density at radius 1 is 0.962 bits per heavy atom. The number of phosphoric acid groups is 1. The SMILES string of the molecule is CCCCCCCCC[C@H]1CC[C@@H](OP(=O)(O)OCC[N+](C)(C)C)CC1. The normalized spacial score (nSPS) is 23.7. The summed E-state index contributed by atoms with van der Waals surface area (Å²) in [7, 11) is 2.16. The molecule has 156 valence electrons. The molecule has 1 fully saturated rings. The van der Waals surface area contributed by atoms with Crippen LogP contribution >= 0.6 is 7.82 Å². The zero-order valence-corrected chi connectivity index (χ0v) is 18.5. The van der Waals surface area contributed by atoms with Crippen LogP contribution in [-0.2, 0) is 13.6 Å². The number of hydrogen-bond donors (Lipinski definition) is 1. The van der Waals surface area contributed by atoms with E-state index in [-0.39, 0.29) is 12.7 Å². The van der Waals surface area contributed by atoms with Crippen LogP contribution in [-0.4, -0.2) is 49.8 Å². The van der Waals surface area contributed by atoms with Crippen molar-refractivity contribution in [2.45, 2.75) is 90.1 Å². The van der Waals surface area contributed by atoms with Gasteiger partial charge in [-0.05, 0) is 31.6 Å². The van der Waals surface area contributed by atoms with E-state index >= 15 is 0 Å². The highest BCUT2D eigenvalue weighted by Crippen LogP contribution is 2.47. The Morgan fingerprint density at radius 2 is 1.54 bits per heavy atom. The van der Waals surface area contributed by atoms with E-state index < -0.39 is 7.82 Å². The Kier molecular flexibility index (Phi) is 11.6. The summed E-state index contributed by atoms with van der Waals surface area (Å²) in [4.78, 5) is 9.90. The second kappa shape index (κ2) is 12.5. The molecule has 26 heavy (non-hydrogen) atoms. The molecule has 1 N–H and O–H groups in total. The summed E-state index contributed by atoms with van der Waals surface area (Å²) in [5.41, 5.74) is 0. The molecule has 0 saturated heterocycles. The first-order valence-corrected chi connectivity index (χ1v) is 12.2. The van der Waals surface area contributed by atoms with E-state index in [1.54, 1.807) is 0 Å². The van der Waals surface area contributed by atoms with Gasteiger partial charge in [-0.3, -0.25) is 9.05 Å². The maximum absolute atomic E-state index is 12.1. The number of nitrogens with zero attached hydrogens (tertiary/aromatic N) is 1. The molecule has 0 aromatic rings. The molecule has 0 aromatic carbocycles. The lowest BCUT2D eigenvalue weighted by molar-refractivity contribution is -0.870. The van der Waals surface area contributed by atoms with Gasteiger partial charge < -0.3 is 9.38 Å². The molecule has 5 nitrogen and oxygen atoms in total. The van der Waals surface area contributed by atoms with Crippen molar-refractivity contribution < 1.29 is 23.0 Å². The van der Waals surface area contributed by atoms with Crippen LogP contribution in [0.25, 0.3) is 0 Å². The van der Waals surface area contributed by atoms with Crippen LogP contribution in [0.4, 0.5) is 0 Å². The third kappa shape index (κ3) is 12.5. The highest BCUT2D eigenvalue weighted by Gasteiger charge is 2.30. The lowest BCUT2D eigenvalue weighted by Crippen LogP contribution is -2.37. The molecule has 1 aliphatic carbocycles. The Morgan fingerprint density at radius 3 is 2.12 bits per heavy atom. The fourth-order valence-electron chi connectivity index (χ4n) is 3.56. The molecule has 1 aliphatic rings. The van der Waals surface area contributed by atoms with Crippen LogP contribution in [0.15, 0.2) is 0 Å². The standard InChI is InChI=1S/C20H42NO4P/c1-5-6-7-8-9-10-11-12-19-13-15-20(16-14-19)25-26(22,23)24-18-17-21(2,3)4/h19-20H,5-18H2,1-4H3/p+1/t19-,20+. The van der Waals surface area contributed by atoms with Gasteiger partial charge in [0.05, 0.1) is 27.2 Å². The van der Waals surface area contributed by atoms with Crippen molar-refractivity contribution in [3.05, 3.63) is 0 Å². The zero-order chi connectivity index (χ0) is 19.5. The van der Waals surface area contributed by atoms with Gasteiger partial charge in [0.1, 0.15) is 13.2 Å². The predicted octanol–water partition coefficient (Wildman–Crippen LogP) is 5.53. The summed E-state index contributed by atoms with van der Waals surface area (Å²) < 4.78 is 23.3. The molecule has 1 atom stereocenters. The van der Waals surface area contributed by atoms with Gasteiger partial charge in [0.15, 0.2) is 0 Å². The van der Waals surface area contributed by atoms with Crippen LogP contribution in [0.3, 0.4) is 0 Å². The van der Waals surface area contributed by atoms with Crippen molar-refractivity contribution in [1.29, 1.82) is 0 Å². The van der Waals surface area contributed by atoms with E-state index in [9.17, 15) is 9.46 Å². The van der Waals surface area contributed by atoms with Crippen LogP contribution < -0.4 is 0 Å². The highest BCUT2D eigenvalue weighted by molar-refractivity contribution is 7.47. The average molecular weight is 393 g/mol. The smallest absolute Gasteiger partial charge is 0.329 e. The maximum atomic E-state index is 12.1. The molecule has 0 aromatic heterocycles. The maximum Gasteiger partial charge on any atom is 0.472 e. The second-order valence-electron chi connectivity index (χ2n) is 8.97. The quantitative estimate of drug-likeness (QED) is 0.240. The Labute approximate surface area is 161 Å². The molecular formula is C20H43NO4P+. The number of unbranched alkanes of at least 4 members (excludes halogenated alkanes) is 6. The fourth-order valence-corrected chi connectivity index (χ4v) is 4.53. The van der Waals surface area contributed by atoms with Crippen molar-refractivity contribution in [2.24, 2.45) is 5.92 Å². The number of rotatable bonds is 14. The van der Waals surface area contributed by atoms with E-state index in [2.05, 4.69) is 6.92 Å². The summed E-state index contributed by atoms with van der Waals surface area (Å²) in [6.07, 6.45) is 14.7. The summed E-state index contributed by atoms with van der Waals surface area (Å²) in [6, 6.07) is 0. The number of phosphoric ester groups is 1. The summed E-state index contributed by atoms with van der Waals surface area (Å²) in [6.45, 7) is 3.18. The number of quaternary nitrogens is 1. The number of likely N-dealkylation sites (N-methyl/N-ethyl adjacent to an activating group) is 1. The molecule has 1 rings (SSSR count). The van der Waals surface area contributed by atoms with Crippen LogP contribution in [0.1, 0.15) is 84.0 Å². The summed E-state index contributed by atoms with van der Waals surface area (Å²) in [5.74, 6) is 0.766. The Hall–Kier alpha value is 0.0700. The first-order valence-electron chi connectivity index (χ1n) is 10.7. The van der Waals surface area contributed by atoms with Gasteiger partial charge in [0.25, 0.3) is 0 Å². The third-order valence-electron chi connectivity index (χ3n) is 5.31. The summed E-state index contributed by atoms with van der Waals surface area (Å²) in [5, 5.41) is 0. The third-order valence-corrected chi connectivity index (χ3v) is 6.38. The van der Waals surface area contributed by atoms with Crippen molar-refractivity contribution in [3.8, 4) is 0 Å². The fraction of sp³-hybridized carbons (Fsp3) is 1.00. The number of hydrogen-bond acceptors (Lipinski definition) is 3. The second-order valence-corrected chi connectivity index (χ2v) is 10.4. The van der Waals surface area contributed by atoms with E-state index in [1.807, 2.05) is 21.1 Å². The molecule has 0 aliphatic heterocycles. The molecule has 0 radical (unpaired) electrons. The molecule has 0 bridgehead atoms. The largest absolute Gasteiger partial charge is 0.472 e. The molecule has 1 saturated carbocycles. The predicted molar refractivity (Wildman–Crippen MR) is 108 cm³/mol. The van der Waals surface area contributed by atoms with Gasteiger partial charge in [0, 0.05) is 0 Å². The van der Waals surface area contributed by atoms with Crippen molar-refractivity contribution in [3.63, 3.8) is 0 Å². The van der Waals surface area contributed by atoms with Gasteiger partial charge in [-0.25, -0.2) is 4.57 Å².